The first-order valence-corrected chi connectivity index (χ1v) is 8.31. The number of anilines is 1. The number of amides is 1. The number of β-lactam (4-membered cyclic amide) rings is 1. The molecule has 0 saturated carbocycles. The summed E-state index contributed by atoms with van der Waals surface area (Å²) < 4.78 is 0. The number of benzene rings is 3. The minimum absolute atomic E-state index is 0.00462. The van der Waals surface area contributed by atoms with Crippen molar-refractivity contribution in [3.63, 3.8) is 0 Å². The molecule has 0 N–H and O–H groups in total. The Hall–Kier alpha value is -2.87. The molecule has 4 rings (SSSR count). The molecule has 118 valence electrons. The molecular formula is C22H19NO. The van der Waals surface area contributed by atoms with Gasteiger partial charge in [0, 0.05) is 5.69 Å². The Morgan fingerprint density at radius 2 is 1.25 bits per heavy atom. The van der Waals surface area contributed by atoms with E-state index in [9.17, 15) is 4.79 Å². The topological polar surface area (TPSA) is 20.3 Å². The van der Waals surface area contributed by atoms with Crippen LogP contribution in [-0.4, -0.2) is 5.91 Å². The fraction of sp³-hybridized carbons (Fsp3) is 0.136. The second-order valence-electron chi connectivity index (χ2n) is 6.20. The van der Waals surface area contributed by atoms with Gasteiger partial charge in [-0.3, -0.25) is 4.79 Å². The molecule has 1 saturated heterocycles. The maximum Gasteiger partial charge on any atom is 0.233 e. The molecule has 2 atom stereocenters. The van der Waals surface area contributed by atoms with Crippen LogP contribution in [0.25, 0.3) is 0 Å². The van der Waals surface area contributed by atoms with Crippen molar-refractivity contribution in [3.05, 3.63) is 102 Å². The van der Waals surface area contributed by atoms with Crippen molar-refractivity contribution in [1.29, 1.82) is 0 Å². The van der Waals surface area contributed by atoms with Gasteiger partial charge >= 0.3 is 0 Å². The molecule has 0 aromatic heterocycles. The number of carbonyl (C=O) groups excluding carboxylic acids is 1. The van der Waals surface area contributed by atoms with Crippen molar-refractivity contribution in [3.8, 4) is 0 Å². The number of nitrogens with zero attached hydrogens (tertiary/aromatic N) is 1. The summed E-state index contributed by atoms with van der Waals surface area (Å²) in [6.07, 6.45) is 0.780. The van der Waals surface area contributed by atoms with Crippen molar-refractivity contribution in [2.24, 2.45) is 5.92 Å². The van der Waals surface area contributed by atoms with Crippen LogP contribution in [0, 0.1) is 5.92 Å². The van der Waals surface area contributed by atoms with Gasteiger partial charge < -0.3 is 4.90 Å². The van der Waals surface area contributed by atoms with Crippen molar-refractivity contribution >= 4 is 11.6 Å². The van der Waals surface area contributed by atoms with E-state index < -0.39 is 0 Å². The summed E-state index contributed by atoms with van der Waals surface area (Å²) in [7, 11) is 0. The van der Waals surface area contributed by atoms with Crippen molar-refractivity contribution in [2.75, 3.05) is 4.90 Å². The molecule has 0 radical (unpaired) electrons. The van der Waals surface area contributed by atoms with Crippen molar-refractivity contribution in [1.82, 2.24) is 0 Å². The van der Waals surface area contributed by atoms with Gasteiger partial charge in [-0.25, -0.2) is 0 Å². The average Bonchev–Trinajstić information content (AvgIpc) is 2.66. The van der Waals surface area contributed by atoms with Crippen LogP contribution in [0.15, 0.2) is 91.0 Å². The predicted octanol–water partition coefficient (Wildman–Crippen LogP) is 4.63. The maximum atomic E-state index is 12.9. The van der Waals surface area contributed by atoms with Crippen LogP contribution in [0.4, 0.5) is 5.69 Å². The van der Waals surface area contributed by atoms with E-state index in [0.717, 1.165) is 12.1 Å². The first-order valence-electron chi connectivity index (χ1n) is 8.31. The van der Waals surface area contributed by atoms with E-state index in [-0.39, 0.29) is 17.9 Å². The van der Waals surface area contributed by atoms with Crippen molar-refractivity contribution < 1.29 is 4.79 Å². The van der Waals surface area contributed by atoms with Gasteiger partial charge in [0.05, 0.1) is 12.0 Å². The first kappa shape index (κ1) is 14.7. The SMILES string of the molecule is O=C1[C@@H](Cc2ccccc2)[C@H](c2ccccc2)N1c1ccccc1. The highest BCUT2D eigenvalue weighted by atomic mass is 16.2. The molecule has 1 heterocycles. The Labute approximate surface area is 142 Å². The zero-order valence-corrected chi connectivity index (χ0v) is 13.4. The second-order valence-corrected chi connectivity index (χ2v) is 6.20. The predicted molar refractivity (Wildman–Crippen MR) is 96.7 cm³/mol. The van der Waals surface area contributed by atoms with Gasteiger partial charge in [-0.05, 0) is 29.7 Å². The Morgan fingerprint density at radius 3 is 1.88 bits per heavy atom. The van der Waals surface area contributed by atoms with Crippen molar-refractivity contribution in [2.45, 2.75) is 12.5 Å². The lowest BCUT2D eigenvalue weighted by atomic mass is 9.78. The summed E-state index contributed by atoms with van der Waals surface area (Å²) >= 11 is 0. The molecule has 0 bridgehead atoms. The lowest BCUT2D eigenvalue weighted by Crippen LogP contribution is -2.56. The van der Waals surface area contributed by atoms with Crippen LogP contribution in [0.1, 0.15) is 17.2 Å². The summed E-state index contributed by atoms with van der Waals surface area (Å²) in [5.41, 5.74) is 3.38. The number of hydrogen-bond acceptors (Lipinski definition) is 1. The van der Waals surface area contributed by atoms with Gasteiger partial charge in [-0.2, -0.15) is 0 Å². The van der Waals surface area contributed by atoms with Gasteiger partial charge in [0.15, 0.2) is 0 Å². The van der Waals surface area contributed by atoms with E-state index >= 15 is 0 Å². The zero-order chi connectivity index (χ0) is 16.4. The van der Waals surface area contributed by atoms with Crippen LogP contribution < -0.4 is 4.90 Å². The highest BCUT2D eigenvalue weighted by molar-refractivity contribution is 6.03. The lowest BCUT2D eigenvalue weighted by molar-refractivity contribution is -0.130. The quantitative estimate of drug-likeness (QED) is 0.643. The third kappa shape index (κ3) is 2.61. The van der Waals surface area contributed by atoms with Crippen LogP contribution in [0.2, 0.25) is 0 Å². The molecule has 0 aliphatic carbocycles. The number of hydrogen-bond donors (Lipinski definition) is 0. The van der Waals surface area contributed by atoms with Crippen LogP contribution in [-0.2, 0) is 11.2 Å². The molecule has 1 aliphatic rings. The molecule has 1 amide bonds. The van der Waals surface area contributed by atoms with Gasteiger partial charge in [-0.1, -0.05) is 78.9 Å². The van der Waals surface area contributed by atoms with E-state index in [2.05, 4.69) is 24.3 Å². The molecule has 3 aromatic carbocycles. The minimum atomic E-state index is -0.00462. The van der Waals surface area contributed by atoms with Gasteiger partial charge in [0.25, 0.3) is 0 Å². The second kappa shape index (κ2) is 6.32. The molecule has 1 fully saturated rings. The molecule has 24 heavy (non-hydrogen) atoms. The Balaban J connectivity index is 1.68. The third-order valence-corrected chi connectivity index (χ3v) is 4.69. The Morgan fingerprint density at radius 1 is 0.708 bits per heavy atom. The third-order valence-electron chi connectivity index (χ3n) is 4.69. The molecular weight excluding hydrogens is 294 g/mol. The van der Waals surface area contributed by atoms with E-state index in [1.165, 1.54) is 11.1 Å². The molecule has 1 aliphatic heterocycles. The standard InChI is InChI=1S/C22H19NO/c24-22-20(16-17-10-4-1-5-11-17)21(18-12-6-2-7-13-18)23(22)19-14-8-3-9-15-19/h1-15,20-21H,16H2/t20-,21-/m0/s1. The minimum Gasteiger partial charge on any atom is -0.304 e. The van der Waals surface area contributed by atoms with E-state index in [1.54, 1.807) is 0 Å². The number of rotatable bonds is 4. The summed E-state index contributed by atoms with van der Waals surface area (Å²) in [5, 5.41) is 0. The highest BCUT2D eigenvalue weighted by Crippen LogP contribution is 2.44. The molecule has 2 nitrogen and oxygen atoms in total. The van der Waals surface area contributed by atoms with Gasteiger partial charge in [0.1, 0.15) is 0 Å². The summed E-state index contributed by atoms with van der Waals surface area (Å²) in [6, 6.07) is 30.7. The summed E-state index contributed by atoms with van der Waals surface area (Å²) in [4.78, 5) is 14.8. The molecule has 3 aromatic rings. The monoisotopic (exact) mass is 313 g/mol. The first-order chi connectivity index (χ1) is 11.8. The molecule has 0 spiro atoms. The fourth-order valence-electron chi connectivity index (χ4n) is 3.52. The van der Waals surface area contributed by atoms with Crippen LogP contribution in [0.3, 0.4) is 0 Å². The molecule has 2 heteroatoms. The van der Waals surface area contributed by atoms with Gasteiger partial charge in [-0.15, -0.1) is 0 Å². The fourth-order valence-corrected chi connectivity index (χ4v) is 3.52. The lowest BCUT2D eigenvalue weighted by Gasteiger charge is -2.47. The van der Waals surface area contributed by atoms with Crippen LogP contribution >= 0.6 is 0 Å². The number of para-hydroxylation sites is 1. The largest absolute Gasteiger partial charge is 0.304 e. The zero-order valence-electron chi connectivity index (χ0n) is 13.4. The summed E-state index contributed by atoms with van der Waals surface area (Å²) in [5.74, 6) is 0.203. The van der Waals surface area contributed by atoms with E-state index in [4.69, 9.17) is 0 Å². The van der Waals surface area contributed by atoms with Gasteiger partial charge in [0.2, 0.25) is 5.91 Å². The summed E-state index contributed by atoms with van der Waals surface area (Å²) in [6.45, 7) is 0. The van der Waals surface area contributed by atoms with Crippen LogP contribution in [0.5, 0.6) is 0 Å². The van der Waals surface area contributed by atoms with E-state index in [0.29, 0.717) is 0 Å². The Bertz CT molecular complexity index is 814. The normalized spacial score (nSPS) is 19.8. The average molecular weight is 313 g/mol. The Kier molecular flexibility index (Phi) is 3.87. The molecule has 0 unspecified atom stereocenters. The number of carbonyl (C=O) groups is 1. The maximum absolute atomic E-state index is 12.9. The van der Waals surface area contributed by atoms with E-state index in [1.807, 2.05) is 71.6 Å². The smallest absolute Gasteiger partial charge is 0.233 e. The highest BCUT2D eigenvalue weighted by Gasteiger charge is 2.48.